The van der Waals surface area contributed by atoms with E-state index in [9.17, 15) is 9.18 Å². The third-order valence-electron chi connectivity index (χ3n) is 7.27. The Morgan fingerprint density at radius 2 is 1.82 bits per heavy atom. The molecule has 5 nitrogen and oxygen atoms in total. The number of amides is 1. The first-order valence-corrected chi connectivity index (χ1v) is 11.9. The van der Waals surface area contributed by atoms with Crippen molar-refractivity contribution in [2.45, 2.75) is 32.0 Å². The number of piperidine rings is 1. The largest absolute Gasteiger partial charge is 0.331 e. The summed E-state index contributed by atoms with van der Waals surface area (Å²) in [6.45, 7) is 3.56. The van der Waals surface area contributed by atoms with Crippen LogP contribution in [-0.4, -0.2) is 44.6 Å². The lowest BCUT2D eigenvalue weighted by Gasteiger charge is -2.36. The fourth-order valence-corrected chi connectivity index (χ4v) is 5.47. The lowest BCUT2D eigenvalue weighted by Crippen LogP contribution is -2.44. The Hall–Kier alpha value is -3.51. The number of aromatic nitrogens is 2. The van der Waals surface area contributed by atoms with Gasteiger partial charge in [0, 0.05) is 55.8 Å². The molecule has 0 aliphatic carbocycles. The number of aryl methyl sites for hydroxylation is 1. The van der Waals surface area contributed by atoms with E-state index in [0.717, 1.165) is 72.3 Å². The van der Waals surface area contributed by atoms with Crippen LogP contribution in [-0.2, 0) is 20.1 Å². The monoisotopic (exact) mass is 454 g/mol. The number of hydrogen-bond donors (Lipinski definition) is 0. The van der Waals surface area contributed by atoms with Crippen LogP contribution in [0.4, 0.5) is 4.39 Å². The van der Waals surface area contributed by atoms with Crippen LogP contribution in [0, 0.1) is 5.82 Å². The van der Waals surface area contributed by atoms with Crippen LogP contribution in [0.25, 0.3) is 22.2 Å². The lowest BCUT2D eigenvalue weighted by atomic mass is 10.0. The molecule has 1 amide bonds. The van der Waals surface area contributed by atoms with Crippen LogP contribution < -0.4 is 0 Å². The van der Waals surface area contributed by atoms with Gasteiger partial charge in [-0.05, 0) is 48.2 Å². The molecule has 0 radical (unpaired) electrons. The minimum Gasteiger partial charge on any atom is -0.331 e. The summed E-state index contributed by atoms with van der Waals surface area (Å²) in [4.78, 5) is 17.4. The van der Waals surface area contributed by atoms with Gasteiger partial charge in [-0.1, -0.05) is 42.5 Å². The molecule has 2 aliphatic rings. The minimum atomic E-state index is -0.254. The van der Waals surface area contributed by atoms with E-state index in [-0.39, 0.29) is 11.7 Å². The van der Waals surface area contributed by atoms with Crippen LogP contribution in [0.2, 0.25) is 0 Å². The fraction of sp³-hybridized carbons (Fsp3) is 0.286. The molecule has 0 spiro atoms. The highest BCUT2D eigenvalue weighted by molar-refractivity contribution is 5.98. The first-order valence-electron chi connectivity index (χ1n) is 11.9. The molecule has 0 atom stereocenters. The normalized spacial score (nSPS) is 17.0. The molecule has 0 N–H and O–H groups in total. The van der Waals surface area contributed by atoms with Gasteiger partial charge in [0.1, 0.15) is 11.5 Å². The van der Waals surface area contributed by atoms with Gasteiger partial charge in [-0.25, -0.2) is 4.39 Å². The van der Waals surface area contributed by atoms with Gasteiger partial charge in [0.2, 0.25) is 0 Å². The second kappa shape index (κ2) is 8.37. The van der Waals surface area contributed by atoms with Gasteiger partial charge in [0.05, 0.1) is 5.52 Å². The van der Waals surface area contributed by atoms with Crippen LogP contribution >= 0.6 is 0 Å². The smallest absolute Gasteiger partial charge is 0.254 e. The number of carbonyl (C=O) groups excluding carboxylic acids is 1. The molecule has 1 aromatic heterocycles. The average Bonchev–Trinajstić information content (AvgIpc) is 3.37. The zero-order valence-corrected chi connectivity index (χ0v) is 19.2. The molecule has 1 fully saturated rings. The van der Waals surface area contributed by atoms with Crippen molar-refractivity contribution in [1.29, 1.82) is 0 Å². The summed E-state index contributed by atoms with van der Waals surface area (Å²) >= 11 is 0. The molecule has 6 heteroatoms. The molecule has 0 bridgehead atoms. The second-order valence-electron chi connectivity index (χ2n) is 9.43. The minimum absolute atomic E-state index is 0.185. The van der Waals surface area contributed by atoms with Crippen molar-refractivity contribution in [2.24, 2.45) is 7.05 Å². The summed E-state index contributed by atoms with van der Waals surface area (Å²) in [5, 5.41) is 5.70. The quantitative estimate of drug-likeness (QED) is 0.436. The van der Waals surface area contributed by atoms with Gasteiger partial charge in [-0.3, -0.25) is 14.4 Å². The number of nitrogens with zero attached hydrogens (tertiary/aromatic N) is 4. The maximum absolute atomic E-state index is 13.7. The number of benzene rings is 3. The van der Waals surface area contributed by atoms with Crippen LogP contribution in [0.15, 0.2) is 66.7 Å². The highest BCUT2D eigenvalue weighted by Gasteiger charge is 2.34. The van der Waals surface area contributed by atoms with Crippen LogP contribution in [0.3, 0.4) is 0 Å². The first kappa shape index (κ1) is 21.1. The van der Waals surface area contributed by atoms with Gasteiger partial charge < -0.3 is 4.90 Å². The van der Waals surface area contributed by atoms with Crippen LogP contribution in [0.1, 0.15) is 34.3 Å². The zero-order chi connectivity index (χ0) is 23.2. The van der Waals surface area contributed by atoms with Crippen molar-refractivity contribution in [3.63, 3.8) is 0 Å². The zero-order valence-electron chi connectivity index (χ0n) is 19.2. The molecular weight excluding hydrogens is 427 g/mol. The summed E-state index contributed by atoms with van der Waals surface area (Å²) in [5.74, 6) is -0.0688. The third-order valence-corrected chi connectivity index (χ3v) is 7.27. The Morgan fingerprint density at radius 1 is 1.00 bits per heavy atom. The van der Waals surface area contributed by atoms with Crippen molar-refractivity contribution >= 4 is 16.8 Å². The van der Waals surface area contributed by atoms with Crippen molar-refractivity contribution in [3.8, 4) is 11.3 Å². The standard InChI is InChI=1S/C28H27FN4O/c1-31-26-15-19(9-10-25(26)27(30-31)20-6-4-7-22(29)16-20)17-32-13-11-23(12-14-32)33-18-21-5-2-3-8-24(21)28(33)34/h2-10,15-16,23H,11-14,17-18H2,1H3. The van der Waals surface area contributed by atoms with E-state index in [1.165, 1.54) is 17.7 Å². The van der Waals surface area contributed by atoms with E-state index in [0.29, 0.717) is 6.04 Å². The number of fused-ring (bicyclic) bond motifs is 2. The van der Waals surface area contributed by atoms with E-state index in [4.69, 9.17) is 0 Å². The summed E-state index contributed by atoms with van der Waals surface area (Å²) in [6.07, 6.45) is 1.99. The molecule has 2 aliphatic heterocycles. The Morgan fingerprint density at radius 3 is 2.62 bits per heavy atom. The van der Waals surface area contributed by atoms with Crippen molar-refractivity contribution in [1.82, 2.24) is 19.6 Å². The SMILES string of the molecule is Cn1nc(-c2cccc(F)c2)c2ccc(CN3CCC(N4Cc5ccccc5C4=O)CC3)cc21. The molecular formula is C28H27FN4O. The van der Waals surface area contributed by atoms with Gasteiger partial charge in [-0.2, -0.15) is 5.10 Å². The topological polar surface area (TPSA) is 41.4 Å². The molecule has 34 heavy (non-hydrogen) atoms. The molecule has 0 saturated carbocycles. The molecule has 3 aromatic carbocycles. The maximum Gasteiger partial charge on any atom is 0.254 e. The summed E-state index contributed by atoms with van der Waals surface area (Å²) in [6, 6.07) is 21.3. The number of likely N-dealkylation sites (tertiary alicyclic amines) is 1. The number of carbonyl (C=O) groups is 1. The summed E-state index contributed by atoms with van der Waals surface area (Å²) < 4.78 is 15.6. The Labute approximate surface area is 198 Å². The van der Waals surface area contributed by atoms with Gasteiger partial charge in [-0.15, -0.1) is 0 Å². The van der Waals surface area contributed by atoms with E-state index in [2.05, 4.69) is 39.2 Å². The summed E-state index contributed by atoms with van der Waals surface area (Å²) in [7, 11) is 1.94. The van der Waals surface area contributed by atoms with E-state index >= 15 is 0 Å². The van der Waals surface area contributed by atoms with Gasteiger partial charge in [0.25, 0.3) is 5.91 Å². The molecule has 1 saturated heterocycles. The number of hydrogen-bond acceptors (Lipinski definition) is 3. The van der Waals surface area contributed by atoms with Crippen molar-refractivity contribution < 1.29 is 9.18 Å². The second-order valence-corrected chi connectivity index (χ2v) is 9.43. The van der Waals surface area contributed by atoms with Crippen molar-refractivity contribution in [2.75, 3.05) is 13.1 Å². The van der Waals surface area contributed by atoms with E-state index in [1.807, 2.05) is 36.0 Å². The highest BCUT2D eigenvalue weighted by atomic mass is 19.1. The lowest BCUT2D eigenvalue weighted by molar-refractivity contribution is 0.0590. The number of rotatable bonds is 4. The van der Waals surface area contributed by atoms with E-state index in [1.54, 1.807) is 6.07 Å². The Bertz CT molecular complexity index is 1390. The predicted octanol–water partition coefficient (Wildman–Crippen LogP) is 5.00. The van der Waals surface area contributed by atoms with Crippen molar-refractivity contribution in [3.05, 3.63) is 89.2 Å². The Kier molecular flexibility index (Phi) is 5.18. The maximum atomic E-state index is 13.7. The molecule has 172 valence electrons. The predicted molar refractivity (Wildman–Crippen MR) is 131 cm³/mol. The average molecular weight is 455 g/mol. The fourth-order valence-electron chi connectivity index (χ4n) is 5.47. The van der Waals surface area contributed by atoms with Gasteiger partial charge in [0.15, 0.2) is 0 Å². The van der Waals surface area contributed by atoms with Gasteiger partial charge >= 0.3 is 0 Å². The third kappa shape index (κ3) is 3.68. The molecule has 3 heterocycles. The highest BCUT2D eigenvalue weighted by Crippen LogP contribution is 2.31. The first-order chi connectivity index (χ1) is 16.6. The molecule has 4 aromatic rings. The van der Waals surface area contributed by atoms with E-state index < -0.39 is 0 Å². The molecule has 0 unspecified atom stereocenters. The number of halogens is 1. The molecule has 6 rings (SSSR count). The summed E-state index contributed by atoms with van der Waals surface area (Å²) in [5.41, 5.74) is 5.90. The van der Waals surface area contributed by atoms with Crippen LogP contribution in [0.5, 0.6) is 0 Å². The Balaban J connectivity index is 1.14.